The number of aryl methyl sites for hydroxylation is 1. The van der Waals surface area contributed by atoms with Crippen LogP contribution in [0, 0.1) is 6.92 Å². The Balaban J connectivity index is 1.09. The van der Waals surface area contributed by atoms with E-state index in [1.807, 2.05) is 31.2 Å². The lowest BCUT2D eigenvalue weighted by Crippen LogP contribution is -2.56. The van der Waals surface area contributed by atoms with Crippen molar-refractivity contribution in [1.29, 1.82) is 0 Å². The molecule has 0 aliphatic carbocycles. The van der Waals surface area contributed by atoms with Crippen molar-refractivity contribution >= 4 is 68.4 Å². The number of halogens is 3. The van der Waals surface area contributed by atoms with E-state index < -0.39 is 36.1 Å². The van der Waals surface area contributed by atoms with Crippen molar-refractivity contribution in [2.24, 2.45) is 0 Å². The predicted molar refractivity (Wildman–Crippen MR) is 294 cm³/mol. The van der Waals surface area contributed by atoms with Gasteiger partial charge in [0.2, 0.25) is 12.2 Å². The molecule has 0 saturated heterocycles. The molecule has 4 N–H and O–H groups in total. The summed E-state index contributed by atoms with van der Waals surface area (Å²) in [5.41, 5.74) is 2.68. The van der Waals surface area contributed by atoms with Crippen molar-refractivity contribution in [1.82, 2.24) is 20.6 Å². The van der Waals surface area contributed by atoms with Gasteiger partial charge in [-0.3, -0.25) is 19.6 Å². The van der Waals surface area contributed by atoms with Gasteiger partial charge in [-0.1, -0.05) is 113 Å². The fraction of sp³-hybridized carbons (Fsp3) is 0.0820. The standard InChI is InChI=1S/C61H45Cl3N4O8/c1-36-22-26-42(27-23-36)73-44-18-8-12-37(32-44)52(48-34-50(63)46-20-10-30-65-54(46)56(48)69)67-60(71)58(75-40-14-4-2-5-15-40)59(76-41-16-6-3-7-17-41)61(72)68-53(49-35-51(64)47-21-11-31-66-55(47)57(49)70)38-13-9-19-45(33-38)74-43-28-24-39(62)25-29-43/h2-35,52-53,58-59,69-70H,1H3,(H,67,71)(H,68,72). The minimum atomic E-state index is -1.79. The number of hydrogen-bond donors (Lipinski definition) is 4. The van der Waals surface area contributed by atoms with E-state index in [4.69, 9.17) is 53.8 Å². The average molecular weight is 1070 g/mol. The summed E-state index contributed by atoms with van der Waals surface area (Å²) >= 11 is 20.0. The molecule has 8 aromatic carbocycles. The van der Waals surface area contributed by atoms with Crippen molar-refractivity contribution in [3.63, 3.8) is 0 Å². The lowest BCUT2D eigenvalue weighted by atomic mass is 9.94. The molecule has 10 aromatic rings. The van der Waals surface area contributed by atoms with E-state index in [1.54, 1.807) is 170 Å². The van der Waals surface area contributed by atoms with Gasteiger partial charge in [-0.15, -0.1) is 0 Å². The topological polar surface area (TPSA) is 161 Å². The summed E-state index contributed by atoms with van der Waals surface area (Å²) in [5, 5.41) is 32.3. The molecule has 0 aliphatic rings. The maximum absolute atomic E-state index is 15.7. The van der Waals surface area contributed by atoms with E-state index in [0.717, 1.165) is 5.56 Å². The van der Waals surface area contributed by atoms with Crippen LogP contribution in [-0.2, 0) is 9.59 Å². The van der Waals surface area contributed by atoms with Crippen LogP contribution < -0.4 is 29.6 Å². The third kappa shape index (κ3) is 11.4. The second-order valence-corrected chi connectivity index (χ2v) is 18.8. The number of amides is 2. The van der Waals surface area contributed by atoms with Crippen LogP contribution in [0.5, 0.6) is 46.0 Å². The molecule has 2 heterocycles. The minimum Gasteiger partial charge on any atom is -0.505 e. The highest BCUT2D eigenvalue weighted by molar-refractivity contribution is 6.36. The number of carbonyl (C=O) groups is 2. The summed E-state index contributed by atoms with van der Waals surface area (Å²) in [7, 11) is 0. The van der Waals surface area contributed by atoms with Crippen LogP contribution >= 0.6 is 34.8 Å². The zero-order valence-corrected chi connectivity index (χ0v) is 42.6. The molecule has 0 aliphatic heterocycles. The van der Waals surface area contributed by atoms with E-state index in [2.05, 4.69) is 20.6 Å². The second-order valence-electron chi connectivity index (χ2n) is 17.6. The van der Waals surface area contributed by atoms with Gasteiger partial charge in [0.1, 0.15) is 57.0 Å². The van der Waals surface area contributed by atoms with Crippen LogP contribution in [0.25, 0.3) is 21.8 Å². The maximum atomic E-state index is 15.7. The van der Waals surface area contributed by atoms with E-state index in [-0.39, 0.29) is 55.2 Å². The number of phenolic OH excluding ortho intramolecular Hbond substituents is 2. The number of nitrogens with zero attached hydrogens (tertiary/aromatic N) is 2. The monoisotopic (exact) mass is 1070 g/mol. The van der Waals surface area contributed by atoms with Gasteiger partial charge >= 0.3 is 0 Å². The SMILES string of the molecule is Cc1ccc(Oc2cccc(C(NC(=O)C(Oc3ccccc3)C(Oc3ccccc3)C(=O)NC(c3cccc(Oc4ccc(Cl)cc4)c3)c3cc(Cl)c4cccnc4c3O)c3cc(Cl)c4cccnc4c3O)c2)cc1. The molecule has 0 saturated carbocycles. The molecule has 4 atom stereocenters. The minimum absolute atomic E-state index is 0.168. The zero-order valence-electron chi connectivity index (χ0n) is 40.3. The van der Waals surface area contributed by atoms with Crippen LogP contribution in [-0.4, -0.2) is 44.2 Å². The van der Waals surface area contributed by atoms with Gasteiger partial charge in [-0.05, 0) is 139 Å². The first-order valence-electron chi connectivity index (χ1n) is 23.9. The number of benzene rings is 8. The molecule has 0 radical (unpaired) electrons. The van der Waals surface area contributed by atoms with Crippen LogP contribution in [0.15, 0.2) is 207 Å². The third-order valence-corrected chi connectivity index (χ3v) is 13.3. The molecule has 2 aromatic heterocycles. The molecule has 0 fully saturated rings. The molecule has 15 heteroatoms. The molecule has 378 valence electrons. The summed E-state index contributed by atoms with van der Waals surface area (Å²) < 4.78 is 25.7. The lowest BCUT2D eigenvalue weighted by Gasteiger charge is -2.31. The molecule has 12 nitrogen and oxygen atoms in total. The van der Waals surface area contributed by atoms with Gasteiger partial charge in [0.15, 0.2) is 0 Å². The highest BCUT2D eigenvalue weighted by Crippen LogP contribution is 2.42. The third-order valence-electron chi connectivity index (χ3n) is 12.4. The van der Waals surface area contributed by atoms with Gasteiger partial charge in [-0.25, -0.2) is 0 Å². The summed E-state index contributed by atoms with van der Waals surface area (Å²) in [6.45, 7) is 1.97. The predicted octanol–water partition coefficient (Wildman–Crippen LogP) is 14.1. The zero-order chi connectivity index (χ0) is 52.7. The van der Waals surface area contributed by atoms with E-state index in [0.29, 0.717) is 49.9 Å². The summed E-state index contributed by atoms with van der Waals surface area (Å²) in [5.74, 6) is 0.103. The Labute approximate surface area is 452 Å². The smallest absolute Gasteiger partial charge is 0.266 e. The number of aromatic nitrogens is 2. The number of carbonyl (C=O) groups excluding carboxylic acids is 2. The number of aromatic hydroxyl groups is 2. The Hall–Kier alpha value is -8.81. The van der Waals surface area contributed by atoms with Crippen LogP contribution in [0.4, 0.5) is 0 Å². The number of para-hydroxylation sites is 2. The maximum Gasteiger partial charge on any atom is 0.266 e. The Bertz CT molecular complexity index is 3460. The molecular weight excluding hydrogens is 1020 g/mol. The normalized spacial score (nSPS) is 12.7. The number of nitrogens with one attached hydrogen (secondary N) is 2. The quantitative estimate of drug-likeness (QED) is 0.0691. The fourth-order valence-corrected chi connectivity index (χ4v) is 9.34. The number of phenols is 2. The molecule has 4 unspecified atom stereocenters. The molecule has 2 amide bonds. The first kappa shape index (κ1) is 50.7. The van der Waals surface area contributed by atoms with Crippen LogP contribution in [0.2, 0.25) is 15.1 Å². The largest absolute Gasteiger partial charge is 0.505 e. The Morgan fingerprint density at radius 1 is 0.461 bits per heavy atom. The lowest BCUT2D eigenvalue weighted by molar-refractivity contribution is -0.143. The van der Waals surface area contributed by atoms with Gasteiger partial charge in [0.25, 0.3) is 11.8 Å². The number of hydrogen-bond acceptors (Lipinski definition) is 10. The molecular formula is C61H45Cl3N4O8. The average Bonchev–Trinajstić information content (AvgIpc) is 3.44. The van der Waals surface area contributed by atoms with Crippen molar-refractivity contribution in [2.45, 2.75) is 31.2 Å². The number of rotatable bonds is 17. The number of fused-ring (bicyclic) bond motifs is 2. The first-order valence-corrected chi connectivity index (χ1v) is 25.0. The van der Waals surface area contributed by atoms with Gasteiger partial charge in [0, 0.05) is 39.3 Å². The highest BCUT2D eigenvalue weighted by Gasteiger charge is 2.41. The molecule has 0 spiro atoms. The van der Waals surface area contributed by atoms with Crippen molar-refractivity contribution in [2.75, 3.05) is 0 Å². The molecule has 76 heavy (non-hydrogen) atoms. The summed E-state index contributed by atoms with van der Waals surface area (Å²) in [4.78, 5) is 40.2. The fourth-order valence-electron chi connectivity index (χ4n) is 8.68. The Morgan fingerprint density at radius 3 is 1.30 bits per heavy atom. The van der Waals surface area contributed by atoms with E-state index in [9.17, 15) is 10.2 Å². The molecule has 0 bridgehead atoms. The highest BCUT2D eigenvalue weighted by atomic mass is 35.5. The van der Waals surface area contributed by atoms with Gasteiger partial charge < -0.3 is 39.8 Å². The van der Waals surface area contributed by atoms with Gasteiger partial charge in [0.05, 0.1) is 22.1 Å². The van der Waals surface area contributed by atoms with Crippen molar-refractivity contribution in [3.05, 3.63) is 249 Å². The van der Waals surface area contributed by atoms with Crippen molar-refractivity contribution in [3.8, 4) is 46.0 Å². The Morgan fingerprint density at radius 2 is 0.868 bits per heavy atom. The first-order chi connectivity index (χ1) is 36.9. The van der Waals surface area contributed by atoms with Gasteiger partial charge in [-0.2, -0.15) is 0 Å². The summed E-state index contributed by atoms with van der Waals surface area (Å²) in [6.07, 6.45) is -0.531. The second kappa shape index (κ2) is 22.8. The number of ether oxygens (including phenoxy) is 4. The van der Waals surface area contributed by atoms with E-state index in [1.165, 1.54) is 12.4 Å². The van der Waals surface area contributed by atoms with E-state index >= 15 is 9.59 Å². The summed E-state index contributed by atoms with van der Waals surface area (Å²) in [6, 6.07) is 52.8. The molecule has 10 rings (SSSR count). The number of pyridine rings is 2. The Kier molecular flexibility index (Phi) is 15.2. The van der Waals surface area contributed by atoms with Crippen LogP contribution in [0.1, 0.15) is 39.9 Å². The van der Waals surface area contributed by atoms with Crippen molar-refractivity contribution < 1.29 is 38.7 Å². The van der Waals surface area contributed by atoms with Crippen LogP contribution in [0.3, 0.4) is 0 Å².